The summed E-state index contributed by atoms with van der Waals surface area (Å²) in [7, 11) is 0. The van der Waals surface area contributed by atoms with Crippen LogP contribution in [0.4, 0.5) is 5.82 Å². The van der Waals surface area contributed by atoms with E-state index in [-0.39, 0.29) is 18.4 Å². The van der Waals surface area contributed by atoms with Crippen LogP contribution in [0.15, 0.2) is 18.2 Å². The molecular weight excluding hydrogens is 264 g/mol. The van der Waals surface area contributed by atoms with Crippen LogP contribution < -0.4 is 5.32 Å². The van der Waals surface area contributed by atoms with Crippen molar-refractivity contribution in [3.8, 4) is 11.8 Å². The summed E-state index contributed by atoms with van der Waals surface area (Å²) < 4.78 is 0. The van der Waals surface area contributed by atoms with Gasteiger partial charge in [0.15, 0.2) is 0 Å². The molecule has 0 bridgehead atoms. The van der Waals surface area contributed by atoms with Crippen LogP contribution in [-0.2, 0) is 4.79 Å². The summed E-state index contributed by atoms with van der Waals surface area (Å²) >= 11 is 0. The number of nitrogens with zero attached hydrogens (tertiary/aromatic N) is 1. The van der Waals surface area contributed by atoms with E-state index in [0.717, 1.165) is 31.6 Å². The van der Waals surface area contributed by atoms with Gasteiger partial charge in [0, 0.05) is 12.3 Å². The number of aliphatic hydroxyl groups excluding tert-OH is 1. The predicted molar refractivity (Wildman–Crippen MR) is 82.6 cm³/mol. The predicted octanol–water partition coefficient (Wildman–Crippen LogP) is 2.58. The standard InChI is InChI=1S/C17H22N2O2/c1-13-8-10-14(11-9-13)17(21)19-16-7-4-6-15(18-16)5-2-3-12-20/h4,6-7,13-14,20H,3,8-12H2,1H3,(H,18,19,21). The zero-order valence-corrected chi connectivity index (χ0v) is 12.4. The molecule has 112 valence electrons. The molecule has 1 saturated carbocycles. The van der Waals surface area contributed by atoms with E-state index in [2.05, 4.69) is 29.1 Å². The van der Waals surface area contributed by atoms with Crippen LogP contribution in [0.2, 0.25) is 0 Å². The Kier molecular flexibility index (Phi) is 5.77. The van der Waals surface area contributed by atoms with Gasteiger partial charge in [-0.05, 0) is 49.7 Å². The molecule has 0 aromatic carbocycles. The number of aromatic nitrogens is 1. The molecule has 21 heavy (non-hydrogen) atoms. The second kappa shape index (κ2) is 7.80. The Bertz CT molecular complexity index is 537. The van der Waals surface area contributed by atoms with Crippen molar-refractivity contribution in [2.24, 2.45) is 11.8 Å². The molecule has 1 aromatic rings. The van der Waals surface area contributed by atoms with Crippen LogP contribution in [0.25, 0.3) is 0 Å². The maximum Gasteiger partial charge on any atom is 0.228 e. The second-order valence-electron chi connectivity index (χ2n) is 5.63. The molecule has 0 unspecified atom stereocenters. The smallest absolute Gasteiger partial charge is 0.228 e. The summed E-state index contributed by atoms with van der Waals surface area (Å²) in [5.74, 6) is 7.15. The van der Waals surface area contributed by atoms with Crippen molar-refractivity contribution in [2.45, 2.75) is 39.0 Å². The summed E-state index contributed by atoms with van der Waals surface area (Å²) in [4.78, 5) is 16.5. The summed E-state index contributed by atoms with van der Waals surface area (Å²) in [6.07, 6.45) is 4.60. The zero-order chi connectivity index (χ0) is 15.1. The van der Waals surface area contributed by atoms with Crippen molar-refractivity contribution < 1.29 is 9.90 Å². The Morgan fingerprint density at radius 3 is 2.86 bits per heavy atom. The number of hydrogen-bond acceptors (Lipinski definition) is 3. The second-order valence-corrected chi connectivity index (χ2v) is 5.63. The van der Waals surface area contributed by atoms with Crippen LogP contribution in [0, 0.1) is 23.7 Å². The van der Waals surface area contributed by atoms with Crippen LogP contribution >= 0.6 is 0 Å². The van der Waals surface area contributed by atoms with E-state index in [0.29, 0.717) is 17.9 Å². The summed E-state index contributed by atoms with van der Waals surface area (Å²) in [6.45, 7) is 2.29. The minimum Gasteiger partial charge on any atom is -0.395 e. The molecule has 1 fully saturated rings. The van der Waals surface area contributed by atoms with Gasteiger partial charge in [-0.3, -0.25) is 4.79 Å². The molecule has 0 saturated heterocycles. The topological polar surface area (TPSA) is 62.2 Å². The fraction of sp³-hybridized carbons (Fsp3) is 0.529. The van der Waals surface area contributed by atoms with E-state index in [1.165, 1.54) is 0 Å². The third-order valence-corrected chi connectivity index (χ3v) is 3.84. The van der Waals surface area contributed by atoms with E-state index in [4.69, 9.17) is 5.11 Å². The van der Waals surface area contributed by atoms with E-state index in [1.807, 2.05) is 6.07 Å². The Hall–Kier alpha value is -1.86. The van der Waals surface area contributed by atoms with Crippen molar-refractivity contribution in [3.05, 3.63) is 23.9 Å². The first-order valence-corrected chi connectivity index (χ1v) is 7.56. The molecular formula is C17H22N2O2. The summed E-state index contributed by atoms with van der Waals surface area (Å²) in [5, 5.41) is 11.6. The van der Waals surface area contributed by atoms with E-state index >= 15 is 0 Å². The Morgan fingerprint density at radius 2 is 2.14 bits per heavy atom. The third-order valence-electron chi connectivity index (χ3n) is 3.84. The summed E-state index contributed by atoms with van der Waals surface area (Å²) in [6, 6.07) is 5.40. The largest absolute Gasteiger partial charge is 0.395 e. The maximum atomic E-state index is 12.2. The normalized spacial score (nSPS) is 21.2. The minimum atomic E-state index is 0.0452. The number of aliphatic hydroxyl groups is 1. The molecule has 1 aliphatic carbocycles. The minimum absolute atomic E-state index is 0.0452. The maximum absolute atomic E-state index is 12.2. The fourth-order valence-corrected chi connectivity index (χ4v) is 2.53. The van der Waals surface area contributed by atoms with Crippen molar-refractivity contribution >= 4 is 11.7 Å². The van der Waals surface area contributed by atoms with Gasteiger partial charge in [0.05, 0.1) is 6.61 Å². The number of nitrogens with one attached hydrogen (secondary N) is 1. The number of carbonyl (C=O) groups excluding carboxylic acids is 1. The highest BCUT2D eigenvalue weighted by Crippen LogP contribution is 2.28. The molecule has 1 heterocycles. The van der Waals surface area contributed by atoms with Crippen LogP contribution in [0.5, 0.6) is 0 Å². The first-order chi connectivity index (χ1) is 10.2. The van der Waals surface area contributed by atoms with Gasteiger partial charge >= 0.3 is 0 Å². The van der Waals surface area contributed by atoms with Gasteiger partial charge < -0.3 is 10.4 Å². The molecule has 1 amide bonds. The van der Waals surface area contributed by atoms with Crippen LogP contribution in [0.1, 0.15) is 44.7 Å². The van der Waals surface area contributed by atoms with Gasteiger partial charge in [0.25, 0.3) is 0 Å². The monoisotopic (exact) mass is 286 g/mol. The highest BCUT2D eigenvalue weighted by molar-refractivity contribution is 5.91. The van der Waals surface area contributed by atoms with Crippen molar-refractivity contribution in [3.63, 3.8) is 0 Å². The number of carbonyl (C=O) groups is 1. The molecule has 4 nitrogen and oxygen atoms in total. The molecule has 1 aromatic heterocycles. The average molecular weight is 286 g/mol. The average Bonchev–Trinajstić information content (AvgIpc) is 2.48. The molecule has 2 N–H and O–H groups in total. The number of amides is 1. The van der Waals surface area contributed by atoms with Gasteiger partial charge in [-0.15, -0.1) is 0 Å². The van der Waals surface area contributed by atoms with Crippen molar-refractivity contribution in [1.29, 1.82) is 0 Å². The highest BCUT2D eigenvalue weighted by Gasteiger charge is 2.24. The Morgan fingerprint density at radius 1 is 1.38 bits per heavy atom. The first kappa shape index (κ1) is 15.5. The zero-order valence-electron chi connectivity index (χ0n) is 12.4. The third kappa shape index (κ3) is 4.87. The van der Waals surface area contributed by atoms with Gasteiger partial charge in [-0.25, -0.2) is 4.98 Å². The molecule has 1 aliphatic rings. The quantitative estimate of drug-likeness (QED) is 0.840. The lowest BCUT2D eigenvalue weighted by Gasteiger charge is -2.25. The molecule has 0 spiro atoms. The molecule has 0 radical (unpaired) electrons. The first-order valence-electron chi connectivity index (χ1n) is 7.56. The van der Waals surface area contributed by atoms with Gasteiger partial charge in [0.2, 0.25) is 5.91 Å². The van der Waals surface area contributed by atoms with Crippen LogP contribution in [-0.4, -0.2) is 22.6 Å². The van der Waals surface area contributed by atoms with E-state index in [9.17, 15) is 4.79 Å². The number of pyridine rings is 1. The Labute approximate surface area is 126 Å². The van der Waals surface area contributed by atoms with E-state index < -0.39 is 0 Å². The number of rotatable bonds is 3. The van der Waals surface area contributed by atoms with Crippen LogP contribution in [0.3, 0.4) is 0 Å². The molecule has 0 aliphatic heterocycles. The van der Waals surface area contributed by atoms with Crippen molar-refractivity contribution in [1.82, 2.24) is 4.98 Å². The molecule has 2 rings (SSSR count). The lowest BCUT2D eigenvalue weighted by molar-refractivity contribution is -0.121. The SMILES string of the molecule is CC1CCC(C(=O)Nc2cccc(C#CCCO)n2)CC1. The fourth-order valence-electron chi connectivity index (χ4n) is 2.53. The number of anilines is 1. The molecule has 0 atom stereocenters. The highest BCUT2D eigenvalue weighted by atomic mass is 16.2. The van der Waals surface area contributed by atoms with Gasteiger partial charge in [0.1, 0.15) is 11.5 Å². The summed E-state index contributed by atoms with van der Waals surface area (Å²) in [5.41, 5.74) is 0.610. The lowest BCUT2D eigenvalue weighted by atomic mass is 9.82. The van der Waals surface area contributed by atoms with Gasteiger partial charge in [-0.2, -0.15) is 0 Å². The van der Waals surface area contributed by atoms with Crippen molar-refractivity contribution in [2.75, 3.05) is 11.9 Å². The number of hydrogen-bond donors (Lipinski definition) is 2. The van der Waals surface area contributed by atoms with E-state index in [1.54, 1.807) is 12.1 Å². The Balaban J connectivity index is 1.95. The molecule has 4 heteroatoms. The lowest BCUT2D eigenvalue weighted by Crippen LogP contribution is -2.27. The van der Waals surface area contributed by atoms with Gasteiger partial charge in [-0.1, -0.05) is 18.9 Å².